The number of hydrogen-bond donors (Lipinski definition) is 1. The van der Waals surface area contributed by atoms with Crippen LogP contribution in [-0.2, 0) is 14.8 Å². The van der Waals surface area contributed by atoms with Crippen LogP contribution >= 0.6 is 0 Å². The molecule has 34 heavy (non-hydrogen) atoms. The standard InChI is InChI=1S/C27H32N2O4S/c1-6-33-25-13-10-23(11-14-25)22(5)28-27(30)18-29(24-12-9-20(3)21(4)17-24)34(31,32)26-15-7-19(2)8-16-26/h7-17,22H,6,18H2,1-5H3,(H,28,30). The van der Waals surface area contributed by atoms with Crippen LogP contribution in [0, 0.1) is 20.8 Å². The number of ether oxygens (including phenoxy) is 1. The number of benzene rings is 3. The molecule has 6 nitrogen and oxygen atoms in total. The maximum absolute atomic E-state index is 13.6. The summed E-state index contributed by atoms with van der Waals surface area (Å²) in [6.07, 6.45) is 0. The molecule has 1 N–H and O–H groups in total. The van der Waals surface area contributed by atoms with Gasteiger partial charge in [0.1, 0.15) is 12.3 Å². The summed E-state index contributed by atoms with van der Waals surface area (Å²) in [6.45, 7) is 9.81. The van der Waals surface area contributed by atoms with E-state index in [1.807, 2.05) is 65.0 Å². The predicted molar refractivity (Wildman–Crippen MR) is 136 cm³/mol. The predicted octanol–water partition coefficient (Wildman–Crippen LogP) is 5.08. The molecule has 0 aromatic heterocycles. The summed E-state index contributed by atoms with van der Waals surface area (Å²) in [5.41, 5.74) is 4.30. The normalized spacial score (nSPS) is 12.1. The van der Waals surface area contributed by atoms with E-state index in [0.29, 0.717) is 12.3 Å². The van der Waals surface area contributed by atoms with Gasteiger partial charge in [-0.3, -0.25) is 9.10 Å². The zero-order valence-electron chi connectivity index (χ0n) is 20.3. The second-order valence-corrected chi connectivity index (χ2v) is 10.2. The molecule has 7 heteroatoms. The average Bonchev–Trinajstić information content (AvgIpc) is 2.80. The maximum Gasteiger partial charge on any atom is 0.264 e. The Morgan fingerprint density at radius 3 is 2.18 bits per heavy atom. The van der Waals surface area contributed by atoms with Gasteiger partial charge in [0.15, 0.2) is 0 Å². The SMILES string of the molecule is CCOc1ccc(C(C)NC(=O)CN(c2ccc(C)c(C)c2)S(=O)(=O)c2ccc(C)cc2)cc1. The smallest absolute Gasteiger partial charge is 0.264 e. The minimum Gasteiger partial charge on any atom is -0.494 e. The van der Waals surface area contributed by atoms with E-state index in [4.69, 9.17) is 4.74 Å². The average molecular weight is 481 g/mol. The van der Waals surface area contributed by atoms with Crippen LogP contribution in [0.2, 0.25) is 0 Å². The number of anilines is 1. The number of aryl methyl sites for hydroxylation is 3. The van der Waals surface area contributed by atoms with Gasteiger partial charge >= 0.3 is 0 Å². The van der Waals surface area contributed by atoms with E-state index in [1.165, 1.54) is 4.31 Å². The molecule has 0 saturated heterocycles. The van der Waals surface area contributed by atoms with Crippen molar-refractivity contribution < 1.29 is 17.9 Å². The van der Waals surface area contributed by atoms with Crippen molar-refractivity contribution in [3.8, 4) is 5.75 Å². The van der Waals surface area contributed by atoms with Crippen LogP contribution in [-0.4, -0.2) is 27.5 Å². The lowest BCUT2D eigenvalue weighted by Gasteiger charge is -2.26. The number of nitrogens with one attached hydrogen (secondary N) is 1. The molecule has 3 aromatic rings. The molecule has 0 saturated carbocycles. The maximum atomic E-state index is 13.6. The molecular weight excluding hydrogens is 448 g/mol. The fourth-order valence-corrected chi connectivity index (χ4v) is 4.97. The Labute approximate surface area is 202 Å². The largest absolute Gasteiger partial charge is 0.494 e. The third-order valence-corrected chi connectivity index (χ3v) is 7.53. The van der Waals surface area contributed by atoms with Crippen LogP contribution in [0.15, 0.2) is 71.6 Å². The van der Waals surface area contributed by atoms with E-state index < -0.39 is 15.9 Å². The van der Waals surface area contributed by atoms with Crippen molar-refractivity contribution >= 4 is 21.6 Å². The van der Waals surface area contributed by atoms with E-state index in [0.717, 1.165) is 28.0 Å². The summed E-state index contributed by atoms with van der Waals surface area (Å²) in [4.78, 5) is 13.2. The molecule has 3 aromatic carbocycles. The summed E-state index contributed by atoms with van der Waals surface area (Å²) in [5, 5.41) is 2.92. The Hall–Kier alpha value is -3.32. The molecule has 0 aliphatic rings. The summed E-state index contributed by atoms with van der Waals surface area (Å²) in [7, 11) is -3.95. The summed E-state index contributed by atoms with van der Waals surface area (Å²) >= 11 is 0. The van der Waals surface area contributed by atoms with Gasteiger partial charge in [-0.25, -0.2) is 8.42 Å². The van der Waals surface area contributed by atoms with Crippen LogP contribution in [0.1, 0.15) is 42.1 Å². The molecule has 1 unspecified atom stereocenters. The number of carbonyl (C=O) groups is 1. The lowest BCUT2D eigenvalue weighted by molar-refractivity contribution is -0.120. The van der Waals surface area contributed by atoms with Crippen LogP contribution in [0.25, 0.3) is 0 Å². The molecular formula is C27H32N2O4S. The third kappa shape index (κ3) is 5.97. The monoisotopic (exact) mass is 480 g/mol. The minimum absolute atomic E-state index is 0.142. The van der Waals surface area contributed by atoms with Gasteiger partial charge < -0.3 is 10.1 Å². The molecule has 3 rings (SSSR count). The number of rotatable bonds is 9. The number of carbonyl (C=O) groups excluding carboxylic acids is 1. The van der Waals surface area contributed by atoms with Crippen molar-refractivity contribution in [3.63, 3.8) is 0 Å². The van der Waals surface area contributed by atoms with E-state index in [1.54, 1.807) is 36.4 Å². The van der Waals surface area contributed by atoms with Gasteiger partial charge in [-0.2, -0.15) is 0 Å². The first-order chi connectivity index (χ1) is 16.1. The second kappa shape index (κ2) is 10.7. The molecule has 1 atom stereocenters. The van der Waals surface area contributed by atoms with E-state index in [9.17, 15) is 13.2 Å². The van der Waals surface area contributed by atoms with E-state index in [-0.39, 0.29) is 17.5 Å². The molecule has 0 heterocycles. The zero-order valence-corrected chi connectivity index (χ0v) is 21.1. The highest BCUT2D eigenvalue weighted by molar-refractivity contribution is 7.92. The van der Waals surface area contributed by atoms with Crippen molar-refractivity contribution in [3.05, 3.63) is 89.0 Å². The van der Waals surface area contributed by atoms with Gasteiger partial charge in [-0.1, -0.05) is 35.9 Å². The van der Waals surface area contributed by atoms with E-state index in [2.05, 4.69) is 5.32 Å². The minimum atomic E-state index is -3.95. The Bertz CT molecular complexity index is 1240. The fourth-order valence-electron chi connectivity index (χ4n) is 3.55. The van der Waals surface area contributed by atoms with Crippen molar-refractivity contribution in [1.82, 2.24) is 5.32 Å². The number of hydrogen-bond acceptors (Lipinski definition) is 4. The number of nitrogens with zero attached hydrogens (tertiary/aromatic N) is 1. The van der Waals surface area contributed by atoms with E-state index >= 15 is 0 Å². The van der Waals surface area contributed by atoms with Crippen molar-refractivity contribution in [1.29, 1.82) is 0 Å². The molecule has 180 valence electrons. The van der Waals surface area contributed by atoms with Gasteiger partial charge in [-0.15, -0.1) is 0 Å². The zero-order chi connectivity index (χ0) is 24.9. The lowest BCUT2D eigenvalue weighted by atomic mass is 10.1. The topological polar surface area (TPSA) is 75.7 Å². The molecule has 0 aliphatic heterocycles. The van der Waals surface area contributed by atoms with Gasteiger partial charge in [0.25, 0.3) is 10.0 Å². The Balaban J connectivity index is 1.86. The molecule has 0 spiro atoms. The first-order valence-corrected chi connectivity index (χ1v) is 12.7. The first kappa shape index (κ1) is 25.3. The fraction of sp³-hybridized carbons (Fsp3) is 0.296. The van der Waals surface area contributed by atoms with Gasteiger partial charge in [0.2, 0.25) is 5.91 Å². The molecule has 0 bridgehead atoms. The Kier molecular flexibility index (Phi) is 7.99. The van der Waals surface area contributed by atoms with Gasteiger partial charge in [0, 0.05) is 0 Å². The van der Waals surface area contributed by atoms with Crippen LogP contribution < -0.4 is 14.4 Å². The highest BCUT2D eigenvalue weighted by atomic mass is 32.2. The first-order valence-electron chi connectivity index (χ1n) is 11.3. The Morgan fingerprint density at radius 1 is 0.941 bits per heavy atom. The molecule has 1 amide bonds. The highest BCUT2D eigenvalue weighted by Crippen LogP contribution is 2.26. The highest BCUT2D eigenvalue weighted by Gasteiger charge is 2.28. The van der Waals surface area contributed by atoms with Crippen molar-refractivity contribution in [2.75, 3.05) is 17.5 Å². The number of sulfonamides is 1. The van der Waals surface area contributed by atoms with Crippen molar-refractivity contribution in [2.24, 2.45) is 0 Å². The van der Waals surface area contributed by atoms with Crippen LogP contribution in [0.5, 0.6) is 5.75 Å². The number of amides is 1. The summed E-state index contributed by atoms with van der Waals surface area (Å²) in [5.74, 6) is 0.366. The molecule has 0 radical (unpaired) electrons. The Morgan fingerprint density at radius 2 is 1.59 bits per heavy atom. The van der Waals surface area contributed by atoms with Gasteiger partial charge in [-0.05, 0) is 87.7 Å². The van der Waals surface area contributed by atoms with Crippen LogP contribution in [0.4, 0.5) is 5.69 Å². The lowest BCUT2D eigenvalue weighted by Crippen LogP contribution is -2.41. The second-order valence-electron chi connectivity index (χ2n) is 8.38. The third-order valence-electron chi connectivity index (χ3n) is 5.74. The summed E-state index contributed by atoms with van der Waals surface area (Å²) < 4.78 is 33.8. The van der Waals surface area contributed by atoms with Crippen LogP contribution in [0.3, 0.4) is 0 Å². The van der Waals surface area contributed by atoms with Crippen molar-refractivity contribution in [2.45, 2.75) is 45.6 Å². The molecule has 0 aliphatic carbocycles. The molecule has 0 fully saturated rings. The summed E-state index contributed by atoms with van der Waals surface area (Å²) in [6, 6.07) is 19.2. The quantitative estimate of drug-likeness (QED) is 0.463. The van der Waals surface area contributed by atoms with Gasteiger partial charge in [0.05, 0.1) is 23.2 Å².